The Morgan fingerprint density at radius 3 is 2.67 bits per heavy atom. The molecule has 0 aromatic heterocycles. The third-order valence-corrected chi connectivity index (χ3v) is 3.12. The number of carbonyl (C=O) groups is 1. The summed E-state index contributed by atoms with van der Waals surface area (Å²) in [6.45, 7) is 0. The van der Waals surface area contributed by atoms with Gasteiger partial charge >= 0.3 is 0 Å². The molecule has 0 aliphatic heterocycles. The standard InChI is InChI=1S/C11H11ClFN3O2/c12-6-3-7(13)5-8(4-6)15-10(17)11(1-2-11)9(14)16-18/h3-5,18H,1-2H2,(H2,14,16)(H,15,17). The van der Waals surface area contributed by atoms with E-state index in [0.717, 1.165) is 12.1 Å². The molecule has 0 bridgehead atoms. The minimum atomic E-state index is -0.979. The van der Waals surface area contributed by atoms with Crippen molar-refractivity contribution in [3.8, 4) is 0 Å². The molecule has 0 unspecified atom stereocenters. The van der Waals surface area contributed by atoms with Crippen LogP contribution in [0.1, 0.15) is 12.8 Å². The number of hydrogen-bond acceptors (Lipinski definition) is 3. The van der Waals surface area contributed by atoms with Crippen molar-refractivity contribution in [3.63, 3.8) is 0 Å². The lowest BCUT2D eigenvalue weighted by atomic mass is 10.1. The second kappa shape index (κ2) is 4.45. The van der Waals surface area contributed by atoms with Gasteiger partial charge in [0, 0.05) is 10.7 Å². The summed E-state index contributed by atoms with van der Waals surface area (Å²) >= 11 is 5.67. The summed E-state index contributed by atoms with van der Waals surface area (Å²) in [4.78, 5) is 12.0. The second-order valence-corrected chi connectivity index (χ2v) is 4.62. The SMILES string of the molecule is N/C(=N/O)C1(C(=O)Nc2cc(F)cc(Cl)c2)CC1. The molecule has 1 fully saturated rings. The van der Waals surface area contributed by atoms with Crippen LogP contribution in [0.4, 0.5) is 10.1 Å². The van der Waals surface area contributed by atoms with Gasteiger partial charge in [0.05, 0.1) is 0 Å². The third-order valence-electron chi connectivity index (χ3n) is 2.90. The molecular formula is C11H11ClFN3O2. The number of nitrogens with two attached hydrogens (primary N) is 1. The van der Waals surface area contributed by atoms with E-state index in [1.807, 2.05) is 0 Å². The lowest BCUT2D eigenvalue weighted by molar-refractivity contribution is -0.119. The number of benzene rings is 1. The van der Waals surface area contributed by atoms with Crippen molar-refractivity contribution < 1.29 is 14.4 Å². The monoisotopic (exact) mass is 271 g/mol. The number of oxime groups is 1. The summed E-state index contributed by atoms with van der Waals surface area (Å²) in [5.74, 6) is -1.12. The highest BCUT2D eigenvalue weighted by molar-refractivity contribution is 6.31. The molecule has 4 N–H and O–H groups in total. The van der Waals surface area contributed by atoms with Crippen molar-refractivity contribution >= 4 is 29.0 Å². The molecule has 1 aromatic carbocycles. The predicted octanol–water partition coefficient (Wildman–Crippen LogP) is 1.94. The maximum Gasteiger partial charge on any atom is 0.238 e. The number of amidine groups is 1. The fraction of sp³-hybridized carbons (Fsp3) is 0.273. The van der Waals surface area contributed by atoms with Gasteiger partial charge < -0.3 is 16.3 Å². The Labute approximate surface area is 107 Å². The minimum Gasteiger partial charge on any atom is -0.409 e. The topological polar surface area (TPSA) is 87.7 Å². The van der Waals surface area contributed by atoms with Gasteiger partial charge in [0.2, 0.25) is 5.91 Å². The van der Waals surface area contributed by atoms with Crippen LogP contribution >= 0.6 is 11.6 Å². The summed E-state index contributed by atoms with van der Waals surface area (Å²) in [6.07, 6.45) is 0.996. The lowest BCUT2D eigenvalue weighted by Crippen LogP contribution is -2.36. The quantitative estimate of drug-likeness (QED) is 0.340. The van der Waals surface area contributed by atoms with Crippen LogP contribution in [-0.2, 0) is 4.79 Å². The average Bonchev–Trinajstić information content (AvgIpc) is 3.07. The smallest absolute Gasteiger partial charge is 0.238 e. The van der Waals surface area contributed by atoms with Crippen LogP contribution in [0.2, 0.25) is 5.02 Å². The van der Waals surface area contributed by atoms with Crippen molar-refractivity contribution in [1.29, 1.82) is 0 Å². The molecule has 1 aliphatic carbocycles. The van der Waals surface area contributed by atoms with Crippen molar-refractivity contribution in [2.24, 2.45) is 16.3 Å². The zero-order chi connectivity index (χ0) is 13.3. The van der Waals surface area contributed by atoms with E-state index in [4.69, 9.17) is 22.5 Å². The first-order valence-electron chi connectivity index (χ1n) is 5.23. The second-order valence-electron chi connectivity index (χ2n) is 4.18. The first kappa shape index (κ1) is 12.6. The highest BCUT2D eigenvalue weighted by Gasteiger charge is 2.54. The zero-order valence-electron chi connectivity index (χ0n) is 9.28. The molecule has 1 aliphatic rings. The number of carbonyl (C=O) groups excluding carboxylic acids is 1. The Morgan fingerprint density at radius 2 is 2.17 bits per heavy atom. The number of rotatable bonds is 3. The van der Waals surface area contributed by atoms with Crippen LogP contribution in [0.5, 0.6) is 0 Å². The van der Waals surface area contributed by atoms with E-state index in [2.05, 4.69) is 10.5 Å². The van der Waals surface area contributed by atoms with Crippen LogP contribution in [0.3, 0.4) is 0 Å². The molecule has 96 valence electrons. The number of hydrogen-bond donors (Lipinski definition) is 3. The summed E-state index contributed by atoms with van der Waals surface area (Å²) in [6, 6.07) is 3.70. The van der Waals surface area contributed by atoms with Crippen LogP contribution in [0, 0.1) is 11.2 Å². The molecule has 5 nitrogen and oxygen atoms in total. The molecule has 1 amide bonds. The first-order valence-corrected chi connectivity index (χ1v) is 5.61. The van der Waals surface area contributed by atoms with Gasteiger partial charge in [-0.3, -0.25) is 4.79 Å². The van der Waals surface area contributed by atoms with Gasteiger partial charge in [-0.2, -0.15) is 0 Å². The molecule has 0 radical (unpaired) electrons. The Kier molecular flexibility index (Phi) is 3.13. The lowest BCUT2D eigenvalue weighted by Gasteiger charge is -2.13. The molecule has 0 heterocycles. The number of halogens is 2. The van der Waals surface area contributed by atoms with Gasteiger partial charge in [0.1, 0.15) is 11.2 Å². The van der Waals surface area contributed by atoms with Crippen LogP contribution in [0.25, 0.3) is 0 Å². The highest BCUT2D eigenvalue weighted by atomic mass is 35.5. The predicted molar refractivity (Wildman–Crippen MR) is 65.1 cm³/mol. The van der Waals surface area contributed by atoms with Gasteiger partial charge in [-0.1, -0.05) is 16.8 Å². The van der Waals surface area contributed by atoms with Crippen LogP contribution in [0.15, 0.2) is 23.4 Å². The van der Waals surface area contributed by atoms with Gasteiger partial charge in [-0.05, 0) is 31.0 Å². The molecule has 18 heavy (non-hydrogen) atoms. The normalized spacial score (nSPS) is 17.3. The Balaban J connectivity index is 2.17. The van der Waals surface area contributed by atoms with Gasteiger partial charge in [0.25, 0.3) is 0 Å². The molecule has 0 spiro atoms. The number of amides is 1. The van der Waals surface area contributed by atoms with Crippen molar-refractivity contribution in [2.45, 2.75) is 12.8 Å². The largest absolute Gasteiger partial charge is 0.409 e. The number of anilines is 1. The highest BCUT2D eigenvalue weighted by Crippen LogP contribution is 2.46. The zero-order valence-corrected chi connectivity index (χ0v) is 10.0. The van der Waals surface area contributed by atoms with E-state index in [9.17, 15) is 9.18 Å². The molecule has 1 aromatic rings. The van der Waals surface area contributed by atoms with E-state index in [0.29, 0.717) is 12.8 Å². The van der Waals surface area contributed by atoms with Crippen LogP contribution < -0.4 is 11.1 Å². The molecule has 0 saturated heterocycles. The summed E-state index contributed by atoms with van der Waals surface area (Å²) in [7, 11) is 0. The van der Waals surface area contributed by atoms with Crippen molar-refractivity contribution in [1.82, 2.24) is 0 Å². The van der Waals surface area contributed by atoms with Crippen molar-refractivity contribution in [2.75, 3.05) is 5.32 Å². The summed E-state index contributed by atoms with van der Waals surface area (Å²) in [5, 5.41) is 14.2. The van der Waals surface area contributed by atoms with Crippen LogP contribution in [-0.4, -0.2) is 17.0 Å². The first-order chi connectivity index (χ1) is 8.48. The van der Waals surface area contributed by atoms with Crippen molar-refractivity contribution in [3.05, 3.63) is 29.0 Å². The number of nitrogens with one attached hydrogen (secondary N) is 1. The molecule has 0 atom stereocenters. The van der Waals surface area contributed by atoms with E-state index in [1.54, 1.807) is 0 Å². The average molecular weight is 272 g/mol. The molecular weight excluding hydrogens is 261 g/mol. The Morgan fingerprint density at radius 1 is 1.50 bits per heavy atom. The Hall–Kier alpha value is -1.82. The summed E-state index contributed by atoms with van der Waals surface area (Å²) < 4.78 is 13.1. The van der Waals surface area contributed by atoms with E-state index in [1.165, 1.54) is 6.07 Å². The maximum absolute atomic E-state index is 13.1. The van der Waals surface area contributed by atoms with Gasteiger partial charge in [-0.15, -0.1) is 0 Å². The fourth-order valence-electron chi connectivity index (χ4n) is 1.70. The third kappa shape index (κ3) is 2.24. The summed E-state index contributed by atoms with van der Waals surface area (Å²) in [5.41, 5.74) is 4.73. The van der Waals surface area contributed by atoms with Gasteiger partial charge in [-0.25, -0.2) is 4.39 Å². The molecule has 1 saturated carbocycles. The Bertz CT molecular complexity index is 509. The minimum absolute atomic E-state index is 0.137. The fourth-order valence-corrected chi connectivity index (χ4v) is 1.92. The number of nitrogens with zero attached hydrogens (tertiary/aromatic N) is 1. The van der Waals surface area contributed by atoms with Gasteiger partial charge in [0.15, 0.2) is 5.84 Å². The molecule has 2 rings (SSSR count). The van der Waals surface area contributed by atoms with E-state index >= 15 is 0 Å². The van der Waals surface area contributed by atoms with E-state index < -0.39 is 17.1 Å². The maximum atomic E-state index is 13.1. The molecule has 7 heteroatoms. The van der Waals surface area contributed by atoms with E-state index in [-0.39, 0.29) is 16.5 Å².